The number of rotatable bonds is 7. The van der Waals surface area contributed by atoms with E-state index >= 15 is 4.39 Å². The van der Waals surface area contributed by atoms with Crippen LogP contribution in [0.4, 0.5) is 21.6 Å². The maximum atomic E-state index is 15.4. The van der Waals surface area contributed by atoms with Crippen LogP contribution in [0.3, 0.4) is 0 Å². The van der Waals surface area contributed by atoms with E-state index in [1.54, 1.807) is 29.1 Å². The first-order valence-corrected chi connectivity index (χ1v) is 17.6. The van der Waals surface area contributed by atoms with Crippen molar-refractivity contribution >= 4 is 28.7 Å². The zero-order valence-corrected chi connectivity index (χ0v) is 29.2. The molecule has 264 valence electrons. The second-order valence-corrected chi connectivity index (χ2v) is 15.2. The maximum absolute atomic E-state index is 15.4. The second kappa shape index (κ2) is 12.5. The molecular weight excluding hydrogens is 637 g/mol. The largest absolute Gasteiger partial charge is 0.392 e. The Morgan fingerprint density at radius 3 is 2.62 bits per heavy atom. The normalized spacial score (nSPS) is 23.7. The number of fused-ring (bicyclic) bond motifs is 3. The highest BCUT2D eigenvalue weighted by Crippen LogP contribution is 2.41. The van der Waals surface area contributed by atoms with Gasteiger partial charge >= 0.3 is 0 Å². The minimum absolute atomic E-state index is 0.170. The van der Waals surface area contributed by atoms with Crippen LogP contribution >= 0.6 is 0 Å². The number of pyridine rings is 1. The first-order valence-electron chi connectivity index (χ1n) is 17.6. The number of likely N-dealkylation sites (N-methyl/N-ethyl adjacent to an activating group) is 1. The van der Waals surface area contributed by atoms with Gasteiger partial charge in [-0.2, -0.15) is 0 Å². The van der Waals surface area contributed by atoms with Crippen LogP contribution in [0.1, 0.15) is 53.6 Å². The quantitative estimate of drug-likeness (QED) is 0.343. The first kappa shape index (κ1) is 32.9. The van der Waals surface area contributed by atoms with E-state index in [-0.39, 0.29) is 11.3 Å². The number of allylic oxidation sites excluding steroid dienone is 2. The number of aromatic nitrogens is 2. The maximum Gasteiger partial charge on any atom is 0.274 e. The standard InChI is InChI=1S/C38H46FN7O4/c1-23-18-43(28-21-50-22-28)7-8-44(23)27-5-6-35(40-17-27)41-31-11-25(19-42(4)36(31)48)29-13-26(39)14-32(30(29)20-47)46-10-9-45-33(37(46)49)12-24-15-38(2,3)16-34(24)45/h5-6,11-14,17,19,23,28,36,47-48H,7-10,15-16,18,20-22H2,1-4H3,(H,40,41)/t23-,36?/m0/s1. The van der Waals surface area contributed by atoms with Crippen molar-refractivity contribution in [3.63, 3.8) is 0 Å². The number of anilines is 3. The van der Waals surface area contributed by atoms with Gasteiger partial charge in [0.2, 0.25) is 0 Å². The van der Waals surface area contributed by atoms with Gasteiger partial charge in [0.25, 0.3) is 5.91 Å². The summed E-state index contributed by atoms with van der Waals surface area (Å²) in [5.74, 6) is -0.154. The molecule has 1 unspecified atom stereocenters. The highest BCUT2D eigenvalue weighted by molar-refractivity contribution is 6.07. The summed E-state index contributed by atoms with van der Waals surface area (Å²) < 4.78 is 22.9. The number of aliphatic hydroxyl groups excluding tert-OH is 2. The number of halogens is 1. The number of hydrogen-bond acceptors (Lipinski definition) is 9. The van der Waals surface area contributed by atoms with Crippen molar-refractivity contribution in [3.8, 4) is 0 Å². The van der Waals surface area contributed by atoms with Crippen LogP contribution in [0.5, 0.6) is 0 Å². The Labute approximate surface area is 292 Å². The Bertz CT molecular complexity index is 1880. The molecule has 1 aliphatic carbocycles. The van der Waals surface area contributed by atoms with Crippen molar-refractivity contribution in [2.75, 3.05) is 61.6 Å². The van der Waals surface area contributed by atoms with E-state index in [0.717, 1.165) is 51.4 Å². The van der Waals surface area contributed by atoms with Crippen molar-refractivity contribution in [1.29, 1.82) is 0 Å². The number of benzene rings is 1. The van der Waals surface area contributed by atoms with E-state index < -0.39 is 18.7 Å². The van der Waals surface area contributed by atoms with Gasteiger partial charge in [0.15, 0.2) is 6.23 Å². The lowest BCUT2D eigenvalue weighted by molar-refractivity contribution is -0.0691. The van der Waals surface area contributed by atoms with Crippen LogP contribution in [-0.2, 0) is 30.7 Å². The molecule has 2 fully saturated rings. The van der Waals surface area contributed by atoms with Gasteiger partial charge in [0.1, 0.15) is 17.3 Å². The molecule has 12 heteroatoms. The van der Waals surface area contributed by atoms with Crippen LogP contribution in [0.15, 0.2) is 54.5 Å². The molecule has 2 aromatic heterocycles. The van der Waals surface area contributed by atoms with Crippen molar-refractivity contribution in [3.05, 3.63) is 88.4 Å². The van der Waals surface area contributed by atoms with Gasteiger partial charge in [0.05, 0.1) is 49.1 Å². The fourth-order valence-corrected chi connectivity index (χ4v) is 8.38. The Balaban J connectivity index is 1.03. The lowest BCUT2D eigenvalue weighted by atomic mass is 9.90. The lowest BCUT2D eigenvalue weighted by Crippen LogP contribution is -2.59. The molecular formula is C38H46FN7O4. The first-order chi connectivity index (χ1) is 24.0. The molecule has 2 saturated heterocycles. The highest BCUT2D eigenvalue weighted by atomic mass is 19.1. The fraction of sp³-hybridized carbons (Fsp3) is 0.474. The minimum Gasteiger partial charge on any atom is -0.392 e. The number of carbonyl (C=O) groups is 1. The van der Waals surface area contributed by atoms with E-state index in [9.17, 15) is 15.0 Å². The summed E-state index contributed by atoms with van der Waals surface area (Å²) in [6.45, 7) is 11.8. The summed E-state index contributed by atoms with van der Waals surface area (Å²) >= 11 is 0. The van der Waals surface area contributed by atoms with E-state index in [0.29, 0.717) is 64.8 Å². The van der Waals surface area contributed by atoms with Gasteiger partial charge in [-0.25, -0.2) is 9.37 Å². The average Bonchev–Trinajstić information content (AvgIpc) is 3.55. The Morgan fingerprint density at radius 2 is 1.92 bits per heavy atom. The van der Waals surface area contributed by atoms with Gasteiger partial charge in [-0.1, -0.05) is 13.8 Å². The predicted octanol–water partition coefficient (Wildman–Crippen LogP) is 3.81. The van der Waals surface area contributed by atoms with Crippen LogP contribution in [0.2, 0.25) is 0 Å². The Kier molecular flexibility index (Phi) is 8.25. The van der Waals surface area contributed by atoms with Crippen molar-refractivity contribution < 1.29 is 24.1 Å². The number of hydrogen-bond donors (Lipinski definition) is 3. The van der Waals surface area contributed by atoms with Crippen LogP contribution in [0.25, 0.3) is 5.57 Å². The number of amides is 1. The van der Waals surface area contributed by atoms with Gasteiger partial charge in [-0.15, -0.1) is 0 Å². The summed E-state index contributed by atoms with van der Waals surface area (Å²) in [7, 11) is 1.73. The summed E-state index contributed by atoms with van der Waals surface area (Å²) in [4.78, 5) is 26.7. The number of aliphatic hydroxyl groups is 2. The van der Waals surface area contributed by atoms with Crippen molar-refractivity contribution in [2.24, 2.45) is 5.41 Å². The molecule has 5 aliphatic rings. The van der Waals surface area contributed by atoms with E-state index in [4.69, 9.17) is 4.74 Å². The molecule has 0 radical (unpaired) electrons. The van der Waals surface area contributed by atoms with E-state index in [2.05, 4.69) is 45.4 Å². The molecule has 0 saturated carbocycles. The molecule has 1 aromatic carbocycles. The minimum atomic E-state index is -1.00. The van der Waals surface area contributed by atoms with Crippen LogP contribution in [-0.4, -0.2) is 100 Å². The van der Waals surface area contributed by atoms with Gasteiger partial charge in [0, 0.05) is 68.8 Å². The molecule has 2 atom stereocenters. The van der Waals surface area contributed by atoms with E-state index in [1.165, 1.54) is 23.4 Å². The third-order valence-electron chi connectivity index (χ3n) is 11.0. The highest BCUT2D eigenvalue weighted by Gasteiger charge is 2.38. The fourth-order valence-electron chi connectivity index (χ4n) is 8.38. The van der Waals surface area contributed by atoms with Crippen LogP contribution < -0.4 is 15.1 Å². The molecule has 4 aliphatic heterocycles. The van der Waals surface area contributed by atoms with Gasteiger partial charge in [-0.05, 0) is 72.7 Å². The zero-order chi connectivity index (χ0) is 34.9. The zero-order valence-electron chi connectivity index (χ0n) is 29.2. The smallest absolute Gasteiger partial charge is 0.274 e. The van der Waals surface area contributed by atoms with Gasteiger partial charge in [-0.3, -0.25) is 9.69 Å². The second-order valence-electron chi connectivity index (χ2n) is 15.2. The third-order valence-corrected chi connectivity index (χ3v) is 11.0. The molecule has 3 aromatic rings. The number of nitrogens with one attached hydrogen (secondary N) is 1. The molecule has 0 spiro atoms. The monoisotopic (exact) mass is 683 g/mol. The molecule has 6 heterocycles. The molecule has 1 amide bonds. The van der Waals surface area contributed by atoms with Gasteiger partial charge < -0.3 is 39.5 Å². The Morgan fingerprint density at radius 1 is 1.10 bits per heavy atom. The number of ether oxygens (including phenoxy) is 1. The SMILES string of the molecule is C[C@H]1CN(C2COC2)CCN1c1ccc(NC2=CC(c3cc(F)cc(N4CCn5c(cc6c5CC(C)(C)C6)C4=O)c3CO)=CN(C)C2O)nc1. The lowest BCUT2D eigenvalue weighted by Gasteiger charge is -2.46. The number of carbonyl (C=O) groups excluding carboxylic acids is 1. The van der Waals surface area contributed by atoms with E-state index in [1.807, 2.05) is 24.4 Å². The Hall–Kier alpha value is -4.23. The molecule has 0 bridgehead atoms. The summed E-state index contributed by atoms with van der Waals surface area (Å²) in [6, 6.07) is 9.50. The average molecular weight is 684 g/mol. The third kappa shape index (κ3) is 5.77. The summed E-state index contributed by atoms with van der Waals surface area (Å²) in [6.07, 6.45) is 6.16. The summed E-state index contributed by atoms with van der Waals surface area (Å²) in [5, 5.41) is 25.1. The van der Waals surface area contributed by atoms with Crippen molar-refractivity contribution in [2.45, 2.75) is 65.1 Å². The predicted molar refractivity (Wildman–Crippen MR) is 190 cm³/mol. The molecule has 3 N–H and O–H groups in total. The van der Waals surface area contributed by atoms with Crippen LogP contribution in [0, 0.1) is 11.2 Å². The molecule has 8 rings (SSSR count). The number of nitrogens with zero attached hydrogens (tertiary/aromatic N) is 6. The molecule has 50 heavy (non-hydrogen) atoms. The number of piperazine rings is 1. The van der Waals surface area contributed by atoms with Crippen molar-refractivity contribution in [1.82, 2.24) is 19.4 Å². The molecule has 11 nitrogen and oxygen atoms in total. The topological polar surface area (TPSA) is 110 Å². The summed E-state index contributed by atoms with van der Waals surface area (Å²) in [5.41, 5.74) is 6.52.